The Hall–Kier alpha value is -1.57. The fourth-order valence-electron chi connectivity index (χ4n) is 2.32. The summed E-state index contributed by atoms with van der Waals surface area (Å²) in [4.78, 5) is 2.13. The van der Waals surface area contributed by atoms with Crippen LogP contribution in [0.15, 0.2) is 35.2 Å². The van der Waals surface area contributed by atoms with Gasteiger partial charge in [-0.2, -0.15) is 5.10 Å². The summed E-state index contributed by atoms with van der Waals surface area (Å²) in [5, 5.41) is 4.15. The van der Waals surface area contributed by atoms with Gasteiger partial charge in [0.05, 0.1) is 5.69 Å². The lowest BCUT2D eigenvalue weighted by molar-refractivity contribution is 0.578. The maximum Gasteiger partial charge on any atom is 0.245 e. The van der Waals surface area contributed by atoms with Gasteiger partial charge in [0.15, 0.2) is 0 Å². The van der Waals surface area contributed by atoms with Crippen LogP contribution < -0.4 is 9.62 Å². The molecular weight excluding hydrogens is 336 g/mol. The summed E-state index contributed by atoms with van der Waals surface area (Å²) in [5.74, 6) is 0. The number of aryl methyl sites for hydroxylation is 2. The maximum atomic E-state index is 12.3. The van der Waals surface area contributed by atoms with E-state index in [1.807, 2.05) is 37.4 Å². The van der Waals surface area contributed by atoms with Gasteiger partial charge in [0.25, 0.3) is 0 Å². The molecule has 126 valence electrons. The van der Waals surface area contributed by atoms with Gasteiger partial charge in [0.2, 0.25) is 10.0 Å². The Labute approximate surface area is 142 Å². The average Bonchev–Trinajstić information content (AvgIpc) is 2.77. The molecule has 0 aliphatic carbocycles. The van der Waals surface area contributed by atoms with Crippen LogP contribution in [0.2, 0.25) is 5.15 Å². The Morgan fingerprint density at radius 1 is 1.30 bits per heavy atom. The number of anilines is 1. The lowest BCUT2D eigenvalue weighted by Crippen LogP contribution is -2.28. The van der Waals surface area contributed by atoms with Gasteiger partial charge in [-0.3, -0.25) is 4.68 Å². The molecule has 2 rings (SSSR count). The maximum absolute atomic E-state index is 12.3. The molecule has 0 fully saturated rings. The number of halogens is 1. The SMILES string of the molecule is Cc1nn(C)c(Cl)c1S(=O)(=O)NCCCN(C)c1ccccc1. The molecule has 0 atom stereocenters. The fraction of sp³-hybridized carbons (Fsp3) is 0.400. The van der Waals surface area contributed by atoms with Gasteiger partial charge in [-0.05, 0) is 25.5 Å². The summed E-state index contributed by atoms with van der Waals surface area (Å²) in [6, 6.07) is 9.95. The highest BCUT2D eigenvalue weighted by Crippen LogP contribution is 2.23. The second kappa shape index (κ2) is 7.33. The summed E-state index contributed by atoms with van der Waals surface area (Å²) in [6.45, 7) is 2.71. The van der Waals surface area contributed by atoms with E-state index in [9.17, 15) is 8.42 Å². The first-order valence-electron chi connectivity index (χ1n) is 7.28. The van der Waals surface area contributed by atoms with Crippen LogP contribution in [0.5, 0.6) is 0 Å². The predicted octanol–water partition coefficient (Wildman–Crippen LogP) is 2.19. The van der Waals surface area contributed by atoms with Crippen molar-refractivity contribution in [3.63, 3.8) is 0 Å². The van der Waals surface area contributed by atoms with Crippen LogP contribution >= 0.6 is 11.6 Å². The van der Waals surface area contributed by atoms with E-state index >= 15 is 0 Å². The van der Waals surface area contributed by atoms with Crippen molar-refractivity contribution >= 4 is 27.3 Å². The van der Waals surface area contributed by atoms with E-state index in [1.54, 1.807) is 14.0 Å². The van der Waals surface area contributed by atoms with Gasteiger partial charge < -0.3 is 4.90 Å². The van der Waals surface area contributed by atoms with Gasteiger partial charge in [0, 0.05) is 32.9 Å². The van der Waals surface area contributed by atoms with Crippen LogP contribution in [0.25, 0.3) is 0 Å². The van der Waals surface area contributed by atoms with Crippen molar-refractivity contribution < 1.29 is 8.42 Å². The number of hydrogen-bond acceptors (Lipinski definition) is 4. The number of nitrogens with zero attached hydrogens (tertiary/aromatic N) is 3. The normalized spacial score (nSPS) is 11.7. The first kappa shape index (κ1) is 17.8. The van der Waals surface area contributed by atoms with E-state index in [0.29, 0.717) is 18.7 Å². The highest BCUT2D eigenvalue weighted by atomic mass is 35.5. The Bertz CT molecular complexity index is 759. The Balaban J connectivity index is 1.91. The van der Waals surface area contributed by atoms with E-state index in [2.05, 4.69) is 14.7 Å². The molecule has 0 amide bonds. The van der Waals surface area contributed by atoms with Crippen LogP contribution in [-0.4, -0.2) is 38.3 Å². The molecule has 0 aliphatic rings. The van der Waals surface area contributed by atoms with Gasteiger partial charge in [-0.15, -0.1) is 0 Å². The number of nitrogens with one attached hydrogen (secondary N) is 1. The Kier molecular flexibility index (Phi) is 5.67. The number of benzene rings is 1. The molecule has 23 heavy (non-hydrogen) atoms. The molecule has 6 nitrogen and oxygen atoms in total. The van der Waals surface area contributed by atoms with Crippen molar-refractivity contribution in [1.82, 2.24) is 14.5 Å². The van der Waals surface area contributed by atoms with Crippen LogP contribution in [0.1, 0.15) is 12.1 Å². The van der Waals surface area contributed by atoms with E-state index in [1.165, 1.54) is 4.68 Å². The zero-order valence-corrected chi connectivity index (χ0v) is 15.0. The van der Waals surface area contributed by atoms with Crippen molar-refractivity contribution in [3.05, 3.63) is 41.2 Å². The molecule has 0 saturated heterocycles. The molecule has 1 N–H and O–H groups in total. The zero-order valence-electron chi connectivity index (χ0n) is 13.5. The minimum atomic E-state index is -3.65. The first-order chi connectivity index (χ1) is 10.8. The zero-order chi connectivity index (χ0) is 17.0. The lowest BCUT2D eigenvalue weighted by atomic mass is 10.3. The predicted molar refractivity (Wildman–Crippen MR) is 92.5 cm³/mol. The molecule has 1 aromatic heterocycles. The highest BCUT2D eigenvalue weighted by molar-refractivity contribution is 7.89. The van der Waals surface area contributed by atoms with E-state index in [-0.39, 0.29) is 10.0 Å². The number of sulfonamides is 1. The second-order valence-electron chi connectivity index (χ2n) is 5.34. The number of para-hydroxylation sites is 1. The number of rotatable bonds is 7. The van der Waals surface area contributed by atoms with E-state index < -0.39 is 10.0 Å². The van der Waals surface area contributed by atoms with Gasteiger partial charge >= 0.3 is 0 Å². The Morgan fingerprint density at radius 3 is 2.52 bits per heavy atom. The van der Waals surface area contributed by atoms with Crippen molar-refractivity contribution in [2.24, 2.45) is 7.05 Å². The Morgan fingerprint density at radius 2 is 1.96 bits per heavy atom. The molecule has 0 radical (unpaired) electrons. The van der Waals surface area contributed by atoms with E-state index in [4.69, 9.17) is 11.6 Å². The van der Waals surface area contributed by atoms with Crippen molar-refractivity contribution in [1.29, 1.82) is 0 Å². The third-order valence-electron chi connectivity index (χ3n) is 3.53. The summed E-state index contributed by atoms with van der Waals surface area (Å²) in [6.07, 6.45) is 0.682. The van der Waals surface area contributed by atoms with E-state index in [0.717, 1.165) is 12.2 Å². The summed E-state index contributed by atoms with van der Waals surface area (Å²) < 4.78 is 28.6. The van der Waals surface area contributed by atoms with Crippen molar-refractivity contribution in [2.45, 2.75) is 18.2 Å². The molecule has 8 heteroatoms. The lowest BCUT2D eigenvalue weighted by Gasteiger charge is -2.19. The van der Waals surface area contributed by atoms with Gasteiger partial charge in [-0.1, -0.05) is 29.8 Å². The molecule has 1 aromatic carbocycles. The summed E-state index contributed by atoms with van der Waals surface area (Å²) >= 11 is 6.01. The molecule has 1 heterocycles. The molecule has 0 saturated carbocycles. The minimum absolute atomic E-state index is 0.0538. The summed E-state index contributed by atoms with van der Waals surface area (Å²) in [7, 11) is -0.0548. The molecule has 0 bridgehead atoms. The largest absolute Gasteiger partial charge is 0.375 e. The van der Waals surface area contributed by atoms with Crippen LogP contribution in [0, 0.1) is 6.92 Å². The van der Waals surface area contributed by atoms with Crippen molar-refractivity contribution in [2.75, 3.05) is 25.0 Å². The smallest absolute Gasteiger partial charge is 0.245 e. The van der Waals surface area contributed by atoms with Crippen LogP contribution in [0.3, 0.4) is 0 Å². The third-order valence-corrected chi connectivity index (χ3v) is 5.68. The van der Waals surface area contributed by atoms with Gasteiger partial charge in [-0.25, -0.2) is 13.1 Å². The van der Waals surface area contributed by atoms with Crippen LogP contribution in [0.4, 0.5) is 5.69 Å². The molecule has 0 aliphatic heterocycles. The fourth-order valence-corrected chi connectivity index (χ4v) is 4.14. The van der Waals surface area contributed by atoms with Crippen molar-refractivity contribution in [3.8, 4) is 0 Å². The molecule has 2 aromatic rings. The average molecular weight is 357 g/mol. The number of aromatic nitrogens is 2. The second-order valence-corrected chi connectivity index (χ2v) is 7.40. The van der Waals surface area contributed by atoms with Crippen LogP contribution in [-0.2, 0) is 17.1 Å². The standard InChI is InChI=1S/C15H21ClN4O2S/c1-12-14(15(16)20(3)18-12)23(21,22)17-10-7-11-19(2)13-8-5-4-6-9-13/h4-6,8-9,17H,7,10-11H2,1-3H3. The minimum Gasteiger partial charge on any atom is -0.375 e. The number of hydrogen-bond donors (Lipinski definition) is 1. The monoisotopic (exact) mass is 356 g/mol. The quantitative estimate of drug-likeness (QED) is 0.772. The van der Waals surface area contributed by atoms with Gasteiger partial charge in [0.1, 0.15) is 10.0 Å². The molecular formula is C15H21ClN4O2S. The molecule has 0 unspecified atom stereocenters. The first-order valence-corrected chi connectivity index (χ1v) is 9.14. The summed E-state index contributed by atoms with van der Waals surface area (Å²) in [5.41, 5.74) is 1.49. The third kappa shape index (κ3) is 4.25. The highest BCUT2D eigenvalue weighted by Gasteiger charge is 2.24. The topological polar surface area (TPSA) is 67.2 Å². The molecule has 0 spiro atoms.